The minimum Gasteiger partial charge on any atom is -0.393 e. The number of nitro groups is 1. The molecule has 0 aromatic heterocycles. The fourth-order valence-corrected chi connectivity index (χ4v) is 3.57. The molecular weight excluding hydrogens is 286 g/mol. The lowest BCUT2D eigenvalue weighted by Gasteiger charge is -2.36. The number of carbonyl (C=O) groups is 1. The Morgan fingerprint density at radius 3 is 2.68 bits per heavy atom. The molecule has 2 saturated heterocycles. The Labute approximate surface area is 128 Å². The van der Waals surface area contributed by atoms with Crippen molar-refractivity contribution in [3.8, 4) is 0 Å². The average molecular weight is 305 g/mol. The number of hydrogen-bond acceptors (Lipinski definition) is 5. The number of non-ortho nitro benzene ring substituents is 1. The molecule has 0 radical (unpaired) electrons. The number of rotatable bonds is 4. The van der Waals surface area contributed by atoms with E-state index in [2.05, 4.69) is 10.2 Å². The number of carbonyl (C=O) groups excluding carboxylic acids is 1. The number of aliphatic hydroxyl groups excluding tert-OH is 1. The predicted octanol–water partition coefficient (Wildman–Crippen LogP) is 1.52. The molecule has 22 heavy (non-hydrogen) atoms. The van der Waals surface area contributed by atoms with Crippen LogP contribution in [0.25, 0.3) is 0 Å². The SMILES string of the molecule is O=C(CN1C2CCC1CC(O)C2)Nc1cccc([N+](=O)[O-])c1. The molecule has 2 heterocycles. The lowest BCUT2D eigenvalue weighted by molar-refractivity contribution is -0.384. The van der Waals surface area contributed by atoms with Gasteiger partial charge in [-0.15, -0.1) is 0 Å². The Bertz CT molecular complexity index is 578. The van der Waals surface area contributed by atoms with Crippen LogP contribution in [0.15, 0.2) is 24.3 Å². The maximum Gasteiger partial charge on any atom is 0.271 e. The van der Waals surface area contributed by atoms with Crippen LogP contribution in [0, 0.1) is 10.1 Å². The number of nitro benzene ring substituents is 1. The van der Waals surface area contributed by atoms with Crippen molar-refractivity contribution in [1.29, 1.82) is 0 Å². The first kappa shape index (κ1) is 14.9. The van der Waals surface area contributed by atoms with Gasteiger partial charge in [-0.1, -0.05) is 6.07 Å². The van der Waals surface area contributed by atoms with Crippen LogP contribution in [0.3, 0.4) is 0 Å². The van der Waals surface area contributed by atoms with E-state index in [4.69, 9.17) is 0 Å². The number of amides is 1. The molecule has 2 atom stereocenters. The number of nitrogens with zero attached hydrogens (tertiary/aromatic N) is 2. The molecule has 3 rings (SSSR count). The molecule has 2 bridgehead atoms. The summed E-state index contributed by atoms with van der Waals surface area (Å²) in [4.78, 5) is 24.6. The molecule has 1 aromatic carbocycles. The second-order valence-electron chi connectivity index (χ2n) is 6.04. The summed E-state index contributed by atoms with van der Waals surface area (Å²) < 4.78 is 0. The zero-order valence-electron chi connectivity index (χ0n) is 12.1. The second-order valence-corrected chi connectivity index (χ2v) is 6.04. The van der Waals surface area contributed by atoms with Crippen LogP contribution in [0.5, 0.6) is 0 Å². The molecule has 1 aromatic rings. The number of benzene rings is 1. The minimum atomic E-state index is -0.484. The van der Waals surface area contributed by atoms with Gasteiger partial charge in [-0.2, -0.15) is 0 Å². The van der Waals surface area contributed by atoms with E-state index in [1.807, 2.05) is 0 Å². The predicted molar refractivity (Wildman–Crippen MR) is 80.5 cm³/mol. The van der Waals surface area contributed by atoms with Crippen LogP contribution in [0.4, 0.5) is 11.4 Å². The summed E-state index contributed by atoms with van der Waals surface area (Å²) in [6.45, 7) is 0.269. The zero-order chi connectivity index (χ0) is 15.7. The van der Waals surface area contributed by atoms with E-state index >= 15 is 0 Å². The second kappa shape index (κ2) is 6.02. The summed E-state index contributed by atoms with van der Waals surface area (Å²) >= 11 is 0. The van der Waals surface area contributed by atoms with E-state index in [-0.39, 0.29) is 36.3 Å². The summed E-state index contributed by atoms with van der Waals surface area (Å²) in [6, 6.07) is 6.47. The van der Waals surface area contributed by atoms with Gasteiger partial charge in [0.1, 0.15) is 0 Å². The molecule has 2 N–H and O–H groups in total. The van der Waals surface area contributed by atoms with Gasteiger partial charge in [-0.25, -0.2) is 0 Å². The zero-order valence-corrected chi connectivity index (χ0v) is 12.1. The highest BCUT2D eigenvalue weighted by Gasteiger charge is 2.40. The normalized spacial score (nSPS) is 27.6. The third kappa shape index (κ3) is 3.10. The molecule has 2 aliphatic rings. The smallest absolute Gasteiger partial charge is 0.271 e. The summed E-state index contributed by atoms with van der Waals surface area (Å²) in [5.41, 5.74) is 0.391. The topological polar surface area (TPSA) is 95.7 Å². The maximum atomic E-state index is 12.2. The lowest BCUT2D eigenvalue weighted by atomic mass is 10.00. The lowest BCUT2D eigenvalue weighted by Crippen LogP contribution is -2.47. The molecule has 0 aliphatic carbocycles. The van der Waals surface area contributed by atoms with Gasteiger partial charge in [0.15, 0.2) is 0 Å². The van der Waals surface area contributed by atoms with Crippen LogP contribution < -0.4 is 5.32 Å². The van der Waals surface area contributed by atoms with Crippen molar-refractivity contribution in [3.63, 3.8) is 0 Å². The molecule has 2 aliphatic heterocycles. The van der Waals surface area contributed by atoms with E-state index in [1.165, 1.54) is 12.1 Å². The molecule has 0 saturated carbocycles. The molecule has 118 valence electrons. The summed E-state index contributed by atoms with van der Waals surface area (Å²) in [5, 5.41) is 23.2. The number of piperidine rings is 1. The number of aliphatic hydroxyl groups is 1. The van der Waals surface area contributed by atoms with E-state index in [1.54, 1.807) is 12.1 Å². The fourth-order valence-electron chi connectivity index (χ4n) is 3.57. The van der Waals surface area contributed by atoms with Gasteiger partial charge in [-0.3, -0.25) is 19.8 Å². The van der Waals surface area contributed by atoms with Gasteiger partial charge in [0.25, 0.3) is 5.69 Å². The van der Waals surface area contributed by atoms with Gasteiger partial charge in [0, 0.05) is 29.9 Å². The van der Waals surface area contributed by atoms with Crippen LogP contribution in [-0.4, -0.2) is 45.6 Å². The quantitative estimate of drug-likeness (QED) is 0.649. The first-order valence-electron chi connectivity index (χ1n) is 7.51. The van der Waals surface area contributed by atoms with Crippen LogP contribution >= 0.6 is 0 Å². The average Bonchev–Trinajstić information content (AvgIpc) is 2.70. The van der Waals surface area contributed by atoms with Crippen molar-refractivity contribution in [3.05, 3.63) is 34.4 Å². The highest BCUT2D eigenvalue weighted by atomic mass is 16.6. The van der Waals surface area contributed by atoms with Crippen molar-refractivity contribution in [2.45, 2.75) is 43.9 Å². The molecular formula is C15H19N3O4. The van der Waals surface area contributed by atoms with Crippen LogP contribution in [0.1, 0.15) is 25.7 Å². The van der Waals surface area contributed by atoms with Crippen molar-refractivity contribution in [2.24, 2.45) is 0 Å². The van der Waals surface area contributed by atoms with E-state index in [0.29, 0.717) is 5.69 Å². The van der Waals surface area contributed by atoms with Gasteiger partial charge in [0.2, 0.25) is 5.91 Å². The Morgan fingerprint density at radius 1 is 1.36 bits per heavy atom. The van der Waals surface area contributed by atoms with E-state index in [0.717, 1.165) is 25.7 Å². The molecule has 1 amide bonds. The van der Waals surface area contributed by atoms with Gasteiger partial charge in [-0.05, 0) is 31.7 Å². The fraction of sp³-hybridized carbons (Fsp3) is 0.533. The summed E-state index contributed by atoms with van der Waals surface area (Å²) in [6.07, 6.45) is 3.23. The van der Waals surface area contributed by atoms with E-state index in [9.17, 15) is 20.0 Å². The maximum absolute atomic E-state index is 12.2. The summed E-state index contributed by atoms with van der Waals surface area (Å²) in [5.74, 6) is -0.172. The van der Waals surface area contributed by atoms with E-state index < -0.39 is 4.92 Å². The minimum absolute atomic E-state index is 0.0426. The van der Waals surface area contributed by atoms with Crippen molar-refractivity contribution in [1.82, 2.24) is 4.90 Å². The van der Waals surface area contributed by atoms with Gasteiger partial charge in [0.05, 0.1) is 17.6 Å². The number of nitrogens with one attached hydrogen (secondary N) is 1. The number of hydrogen-bond donors (Lipinski definition) is 2. The molecule has 2 fully saturated rings. The Morgan fingerprint density at radius 2 is 2.05 bits per heavy atom. The molecule has 2 unspecified atom stereocenters. The van der Waals surface area contributed by atoms with Gasteiger partial charge < -0.3 is 10.4 Å². The number of fused-ring (bicyclic) bond motifs is 2. The first-order chi connectivity index (χ1) is 10.5. The third-order valence-corrected chi connectivity index (χ3v) is 4.53. The molecule has 0 spiro atoms. The Kier molecular flexibility index (Phi) is 4.08. The standard InChI is InChI=1S/C15H19N3O4/c19-14-7-11-4-5-12(8-14)17(11)9-15(20)16-10-2-1-3-13(6-10)18(21)22/h1-3,6,11-12,14,19H,4-5,7-9H2,(H,16,20). The highest BCUT2D eigenvalue weighted by molar-refractivity contribution is 5.92. The first-order valence-corrected chi connectivity index (χ1v) is 7.51. The van der Waals surface area contributed by atoms with Crippen molar-refractivity contribution >= 4 is 17.3 Å². The van der Waals surface area contributed by atoms with Gasteiger partial charge >= 0.3 is 0 Å². The Hall–Kier alpha value is -1.99. The largest absolute Gasteiger partial charge is 0.393 e. The molecule has 7 heteroatoms. The highest BCUT2D eigenvalue weighted by Crippen LogP contribution is 2.35. The number of anilines is 1. The summed E-state index contributed by atoms with van der Waals surface area (Å²) in [7, 11) is 0. The molecule has 7 nitrogen and oxygen atoms in total. The van der Waals surface area contributed by atoms with Crippen LogP contribution in [0.2, 0.25) is 0 Å². The Balaban J connectivity index is 1.61. The van der Waals surface area contributed by atoms with Crippen LogP contribution in [-0.2, 0) is 4.79 Å². The third-order valence-electron chi connectivity index (χ3n) is 4.53. The van der Waals surface area contributed by atoms with Crippen molar-refractivity contribution in [2.75, 3.05) is 11.9 Å². The van der Waals surface area contributed by atoms with Crippen molar-refractivity contribution < 1.29 is 14.8 Å². The monoisotopic (exact) mass is 305 g/mol.